The smallest absolute Gasteiger partial charge is 0.416 e. The highest BCUT2D eigenvalue weighted by atomic mass is 19.4. The van der Waals surface area contributed by atoms with Gasteiger partial charge in [-0.05, 0) is 77.1 Å². The van der Waals surface area contributed by atoms with Crippen molar-refractivity contribution in [3.63, 3.8) is 0 Å². The number of ether oxygens (including phenoxy) is 2. The summed E-state index contributed by atoms with van der Waals surface area (Å²) in [6, 6.07) is 11.5. The third-order valence-electron chi connectivity index (χ3n) is 7.35. The SMILES string of the molecule is COc1ccc(C(C)C)cc1-c1ccc(O)cc1CN(Cc1cc(C(F)(F)F)cc(C(F)(F)F)c1)c1ncc(OCCCC(=O)O)cn1. The number of phenolic OH excluding ortho intramolecular Hbond substituents is 1. The van der Waals surface area contributed by atoms with Crippen LogP contribution < -0.4 is 14.4 Å². The third-order valence-corrected chi connectivity index (χ3v) is 7.35. The van der Waals surface area contributed by atoms with Crippen LogP contribution in [-0.4, -0.2) is 39.9 Å². The van der Waals surface area contributed by atoms with Crippen molar-refractivity contribution in [3.05, 3.63) is 94.8 Å². The number of carboxylic acids is 1. The zero-order valence-electron chi connectivity index (χ0n) is 26.2. The topological polar surface area (TPSA) is 105 Å². The van der Waals surface area contributed by atoms with Crippen LogP contribution in [-0.2, 0) is 30.2 Å². The second kappa shape index (κ2) is 14.8. The molecule has 0 fully saturated rings. The first kappa shape index (κ1) is 35.8. The maximum Gasteiger partial charge on any atom is 0.416 e. The van der Waals surface area contributed by atoms with E-state index in [1.54, 1.807) is 12.1 Å². The molecular weight excluding hydrogens is 644 g/mol. The van der Waals surface area contributed by atoms with Gasteiger partial charge in [0.1, 0.15) is 11.5 Å². The number of methoxy groups -OCH3 is 1. The second-order valence-corrected chi connectivity index (χ2v) is 11.3. The molecule has 3 aromatic carbocycles. The standard InChI is InChI=1S/C34H33F6N3O5/c1-20(2)22-6-9-30(47-3)29(14-22)28-8-7-26(44)13-23(28)19-43(32-41-16-27(17-42-32)48-10-4-5-31(45)46)18-21-11-24(33(35,36)37)15-25(12-21)34(38,39)40/h6-9,11-17,20,44H,4-5,10,18-19H2,1-3H3,(H,45,46). The monoisotopic (exact) mass is 677 g/mol. The molecule has 14 heteroatoms. The highest BCUT2D eigenvalue weighted by molar-refractivity contribution is 5.75. The van der Waals surface area contributed by atoms with E-state index in [1.807, 2.05) is 26.0 Å². The number of aliphatic carboxylic acids is 1. The van der Waals surface area contributed by atoms with Crippen LogP contribution in [0, 0.1) is 0 Å². The van der Waals surface area contributed by atoms with Crippen molar-refractivity contribution < 1.29 is 50.8 Å². The number of hydrogen-bond donors (Lipinski definition) is 2. The molecule has 0 spiro atoms. The van der Waals surface area contributed by atoms with Crippen LogP contribution in [0.4, 0.5) is 32.3 Å². The highest BCUT2D eigenvalue weighted by Gasteiger charge is 2.37. The Balaban J connectivity index is 1.80. The average molecular weight is 678 g/mol. The van der Waals surface area contributed by atoms with Gasteiger partial charge in [-0.1, -0.05) is 26.0 Å². The number of alkyl halides is 6. The van der Waals surface area contributed by atoms with E-state index in [2.05, 4.69) is 9.97 Å². The lowest BCUT2D eigenvalue weighted by molar-refractivity contribution is -0.143. The summed E-state index contributed by atoms with van der Waals surface area (Å²) in [5.41, 5.74) is -0.560. The van der Waals surface area contributed by atoms with Crippen LogP contribution in [0.1, 0.15) is 60.4 Å². The molecular formula is C34H33F6N3O5. The minimum atomic E-state index is -5.05. The Hall–Kier alpha value is -5.01. The number of halogens is 6. The number of carbonyl (C=O) groups is 1. The summed E-state index contributed by atoms with van der Waals surface area (Å²) in [5, 5.41) is 19.3. The van der Waals surface area contributed by atoms with Crippen LogP contribution in [0.3, 0.4) is 0 Å². The highest BCUT2D eigenvalue weighted by Crippen LogP contribution is 2.39. The molecule has 256 valence electrons. The first-order chi connectivity index (χ1) is 22.5. The van der Waals surface area contributed by atoms with Crippen molar-refractivity contribution in [2.75, 3.05) is 18.6 Å². The number of phenols is 1. The second-order valence-electron chi connectivity index (χ2n) is 11.3. The number of carboxylic acid groups (broad SMARTS) is 1. The van der Waals surface area contributed by atoms with Crippen molar-refractivity contribution >= 4 is 11.9 Å². The first-order valence-electron chi connectivity index (χ1n) is 14.7. The molecule has 1 aromatic heterocycles. The largest absolute Gasteiger partial charge is 0.508 e. The van der Waals surface area contributed by atoms with Crippen LogP contribution in [0.25, 0.3) is 11.1 Å². The molecule has 2 N–H and O–H groups in total. The quantitative estimate of drug-likeness (QED) is 0.107. The van der Waals surface area contributed by atoms with Gasteiger partial charge in [0.25, 0.3) is 0 Å². The molecule has 0 saturated carbocycles. The van der Waals surface area contributed by atoms with Crippen LogP contribution in [0.5, 0.6) is 17.2 Å². The Morgan fingerprint density at radius 2 is 1.52 bits per heavy atom. The number of aromatic nitrogens is 2. The molecule has 4 rings (SSSR count). The Labute approximate surface area is 272 Å². The Bertz CT molecular complexity index is 1690. The van der Waals surface area contributed by atoms with Gasteiger partial charge in [0.05, 0.1) is 37.2 Å². The normalized spacial score (nSPS) is 11.9. The molecule has 48 heavy (non-hydrogen) atoms. The number of nitrogens with zero attached hydrogens (tertiary/aromatic N) is 3. The van der Waals surface area contributed by atoms with Gasteiger partial charge in [-0.3, -0.25) is 4.79 Å². The predicted molar refractivity (Wildman–Crippen MR) is 165 cm³/mol. The fourth-order valence-electron chi connectivity index (χ4n) is 4.96. The molecule has 0 unspecified atom stereocenters. The zero-order valence-corrected chi connectivity index (χ0v) is 26.2. The lowest BCUT2D eigenvalue weighted by atomic mass is 9.93. The Kier molecular flexibility index (Phi) is 11.1. The predicted octanol–water partition coefficient (Wildman–Crippen LogP) is 8.47. The first-order valence-corrected chi connectivity index (χ1v) is 14.7. The zero-order chi connectivity index (χ0) is 35.2. The molecule has 0 bridgehead atoms. The van der Waals surface area contributed by atoms with E-state index in [0.717, 1.165) is 5.56 Å². The molecule has 1 heterocycles. The molecule has 0 radical (unpaired) electrons. The molecule has 0 aliphatic heterocycles. The number of aromatic hydroxyl groups is 1. The lowest BCUT2D eigenvalue weighted by Crippen LogP contribution is -2.25. The van der Waals surface area contributed by atoms with Crippen molar-refractivity contribution in [3.8, 4) is 28.4 Å². The molecule has 8 nitrogen and oxygen atoms in total. The van der Waals surface area contributed by atoms with E-state index in [-0.39, 0.29) is 61.0 Å². The summed E-state index contributed by atoms with van der Waals surface area (Å²) in [6.45, 7) is 3.42. The maximum absolute atomic E-state index is 13.7. The molecule has 0 aliphatic rings. The van der Waals surface area contributed by atoms with Gasteiger partial charge >= 0.3 is 18.3 Å². The third kappa shape index (κ3) is 9.29. The molecule has 0 amide bonds. The van der Waals surface area contributed by atoms with Gasteiger partial charge in [0, 0.05) is 25.1 Å². The van der Waals surface area contributed by atoms with Crippen molar-refractivity contribution in [1.29, 1.82) is 0 Å². The molecule has 0 atom stereocenters. The van der Waals surface area contributed by atoms with E-state index < -0.39 is 36.0 Å². The lowest BCUT2D eigenvalue weighted by Gasteiger charge is -2.26. The van der Waals surface area contributed by atoms with Crippen molar-refractivity contribution in [2.45, 2.75) is 58.0 Å². The van der Waals surface area contributed by atoms with Gasteiger partial charge in [-0.2, -0.15) is 26.3 Å². The minimum Gasteiger partial charge on any atom is -0.508 e. The number of hydrogen-bond acceptors (Lipinski definition) is 7. The fraction of sp³-hybridized carbons (Fsp3) is 0.324. The van der Waals surface area contributed by atoms with Crippen LogP contribution in [0.15, 0.2) is 67.0 Å². The summed E-state index contributed by atoms with van der Waals surface area (Å²) in [5.74, 6) is -0.354. The van der Waals surface area contributed by atoms with Crippen LogP contribution >= 0.6 is 0 Å². The fourth-order valence-corrected chi connectivity index (χ4v) is 4.96. The maximum atomic E-state index is 13.7. The summed E-state index contributed by atoms with van der Waals surface area (Å²) in [4.78, 5) is 20.7. The number of rotatable bonds is 13. The number of benzene rings is 3. The van der Waals surface area contributed by atoms with Gasteiger partial charge in [-0.15, -0.1) is 0 Å². The number of anilines is 1. The van der Waals surface area contributed by atoms with E-state index in [1.165, 1.54) is 36.5 Å². The van der Waals surface area contributed by atoms with Crippen molar-refractivity contribution in [2.24, 2.45) is 0 Å². The van der Waals surface area contributed by atoms with E-state index >= 15 is 0 Å². The van der Waals surface area contributed by atoms with Gasteiger partial charge in [-0.25, -0.2) is 9.97 Å². The Morgan fingerprint density at radius 3 is 2.08 bits per heavy atom. The molecule has 0 aliphatic carbocycles. The van der Waals surface area contributed by atoms with E-state index in [9.17, 15) is 36.2 Å². The Morgan fingerprint density at radius 1 is 0.875 bits per heavy atom. The molecule has 0 saturated heterocycles. The summed E-state index contributed by atoms with van der Waals surface area (Å²) >= 11 is 0. The summed E-state index contributed by atoms with van der Waals surface area (Å²) in [7, 11) is 1.49. The van der Waals surface area contributed by atoms with E-state index in [0.29, 0.717) is 34.6 Å². The van der Waals surface area contributed by atoms with Gasteiger partial charge < -0.3 is 24.6 Å². The van der Waals surface area contributed by atoms with Gasteiger partial charge in [0.15, 0.2) is 5.75 Å². The molecule has 4 aromatic rings. The van der Waals surface area contributed by atoms with Crippen LogP contribution in [0.2, 0.25) is 0 Å². The van der Waals surface area contributed by atoms with Gasteiger partial charge in [0.2, 0.25) is 5.95 Å². The summed E-state index contributed by atoms with van der Waals surface area (Å²) < 4.78 is 93.4. The van der Waals surface area contributed by atoms with Crippen molar-refractivity contribution in [1.82, 2.24) is 9.97 Å². The van der Waals surface area contributed by atoms with E-state index in [4.69, 9.17) is 14.6 Å². The minimum absolute atomic E-state index is 0.0487. The summed E-state index contributed by atoms with van der Waals surface area (Å²) in [6.07, 6.45) is -7.48. The average Bonchev–Trinajstić information content (AvgIpc) is 3.02.